The quantitative estimate of drug-likeness (QED) is 0.543. The van der Waals surface area contributed by atoms with Gasteiger partial charge in [0.2, 0.25) is 0 Å². The van der Waals surface area contributed by atoms with E-state index in [1.807, 2.05) is 6.92 Å². The minimum absolute atomic E-state index is 0.230. The molecule has 80 valence electrons. The molecule has 0 fully saturated rings. The highest BCUT2D eigenvalue weighted by atomic mass is 16.5. The number of rotatable bonds is 8. The van der Waals surface area contributed by atoms with Crippen molar-refractivity contribution in [2.75, 3.05) is 46.5 Å². The van der Waals surface area contributed by atoms with Crippen molar-refractivity contribution < 1.29 is 9.84 Å². The topological polar surface area (TPSA) is 58.7 Å². The summed E-state index contributed by atoms with van der Waals surface area (Å²) in [5.41, 5.74) is 5.47. The van der Waals surface area contributed by atoms with Crippen LogP contribution in [0.5, 0.6) is 0 Å². The van der Waals surface area contributed by atoms with Gasteiger partial charge in [-0.3, -0.25) is 4.90 Å². The van der Waals surface area contributed by atoms with Crippen LogP contribution in [0.25, 0.3) is 0 Å². The summed E-state index contributed by atoms with van der Waals surface area (Å²) in [6, 6.07) is 0. The second kappa shape index (κ2) is 8.44. The molecule has 4 heteroatoms. The van der Waals surface area contributed by atoms with Crippen molar-refractivity contribution in [2.24, 2.45) is 11.7 Å². The molecule has 0 aliphatic carbocycles. The van der Waals surface area contributed by atoms with E-state index in [0.717, 1.165) is 26.2 Å². The summed E-state index contributed by atoms with van der Waals surface area (Å²) in [7, 11) is 1.69. The Bertz CT molecular complexity index is 112. The SMILES string of the molecule is COCCN(CCN)CC(C)CO. The van der Waals surface area contributed by atoms with E-state index in [1.165, 1.54) is 0 Å². The van der Waals surface area contributed by atoms with E-state index in [1.54, 1.807) is 7.11 Å². The number of hydrogen-bond acceptors (Lipinski definition) is 4. The lowest BCUT2D eigenvalue weighted by Crippen LogP contribution is -2.36. The molecule has 0 bridgehead atoms. The second-order valence-corrected chi connectivity index (χ2v) is 3.37. The molecule has 0 saturated heterocycles. The molecule has 3 N–H and O–H groups in total. The zero-order chi connectivity index (χ0) is 10.1. The summed E-state index contributed by atoms with van der Waals surface area (Å²) in [6.07, 6.45) is 0. The second-order valence-electron chi connectivity index (χ2n) is 3.37. The Balaban J connectivity index is 3.65. The van der Waals surface area contributed by atoms with E-state index < -0.39 is 0 Å². The van der Waals surface area contributed by atoms with Crippen molar-refractivity contribution >= 4 is 0 Å². The van der Waals surface area contributed by atoms with Crippen LogP contribution in [-0.4, -0.2) is 56.5 Å². The summed E-state index contributed by atoms with van der Waals surface area (Å²) in [5, 5.41) is 8.89. The fourth-order valence-corrected chi connectivity index (χ4v) is 1.20. The minimum atomic E-state index is 0.230. The predicted octanol–water partition coefficient (Wildman–Crippen LogP) is -0.478. The summed E-state index contributed by atoms with van der Waals surface area (Å²) in [4.78, 5) is 2.21. The molecule has 0 radical (unpaired) electrons. The highest BCUT2D eigenvalue weighted by Crippen LogP contribution is 1.98. The molecule has 0 heterocycles. The van der Waals surface area contributed by atoms with Crippen molar-refractivity contribution in [1.29, 1.82) is 0 Å². The van der Waals surface area contributed by atoms with Crippen LogP contribution in [0.15, 0.2) is 0 Å². The molecule has 13 heavy (non-hydrogen) atoms. The van der Waals surface area contributed by atoms with E-state index >= 15 is 0 Å². The lowest BCUT2D eigenvalue weighted by atomic mass is 10.2. The van der Waals surface area contributed by atoms with Crippen LogP contribution in [0.1, 0.15) is 6.92 Å². The third-order valence-corrected chi connectivity index (χ3v) is 1.94. The minimum Gasteiger partial charge on any atom is -0.396 e. The van der Waals surface area contributed by atoms with Gasteiger partial charge < -0.3 is 15.6 Å². The number of aliphatic hydroxyl groups is 1. The van der Waals surface area contributed by atoms with E-state index in [0.29, 0.717) is 12.5 Å². The highest BCUT2D eigenvalue weighted by molar-refractivity contribution is 4.62. The lowest BCUT2D eigenvalue weighted by molar-refractivity contribution is 0.125. The summed E-state index contributed by atoms with van der Waals surface area (Å²) >= 11 is 0. The molecule has 0 aromatic carbocycles. The Kier molecular flexibility index (Phi) is 8.33. The van der Waals surface area contributed by atoms with Gasteiger partial charge in [0.15, 0.2) is 0 Å². The monoisotopic (exact) mass is 190 g/mol. The van der Waals surface area contributed by atoms with Gasteiger partial charge in [-0.25, -0.2) is 0 Å². The van der Waals surface area contributed by atoms with Crippen LogP contribution in [0.3, 0.4) is 0 Å². The Hall–Kier alpha value is -0.160. The van der Waals surface area contributed by atoms with Crippen molar-refractivity contribution in [3.8, 4) is 0 Å². The Morgan fingerprint density at radius 3 is 2.62 bits per heavy atom. The number of nitrogens with two attached hydrogens (primary N) is 1. The van der Waals surface area contributed by atoms with Crippen LogP contribution >= 0.6 is 0 Å². The first kappa shape index (κ1) is 12.8. The van der Waals surface area contributed by atoms with Gasteiger partial charge in [0.1, 0.15) is 0 Å². The van der Waals surface area contributed by atoms with Crippen LogP contribution < -0.4 is 5.73 Å². The van der Waals surface area contributed by atoms with Gasteiger partial charge in [0, 0.05) is 39.9 Å². The molecule has 0 rings (SSSR count). The average molecular weight is 190 g/mol. The van der Waals surface area contributed by atoms with E-state index in [-0.39, 0.29) is 6.61 Å². The molecule has 0 aromatic heterocycles. The zero-order valence-electron chi connectivity index (χ0n) is 8.70. The zero-order valence-corrected chi connectivity index (χ0v) is 8.70. The van der Waals surface area contributed by atoms with Gasteiger partial charge in [0.25, 0.3) is 0 Å². The third kappa shape index (κ3) is 6.95. The molecular formula is C9H22N2O2. The summed E-state index contributed by atoms with van der Waals surface area (Å²) < 4.78 is 4.99. The maximum atomic E-state index is 8.89. The standard InChI is InChI=1S/C9H22N2O2/c1-9(8-12)7-11(4-3-10)5-6-13-2/h9,12H,3-8,10H2,1-2H3. The van der Waals surface area contributed by atoms with Crippen LogP contribution in [0.2, 0.25) is 0 Å². The van der Waals surface area contributed by atoms with Gasteiger partial charge in [-0.15, -0.1) is 0 Å². The van der Waals surface area contributed by atoms with Gasteiger partial charge in [-0.2, -0.15) is 0 Å². The van der Waals surface area contributed by atoms with Gasteiger partial charge >= 0.3 is 0 Å². The van der Waals surface area contributed by atoms with Crippen LogP contribution in [0.4, 0.5) is 0 Å². The number of nitrogens with zero attached hydrogens (tertiary/aromatic N) is 1. The van der Waals surface area contributed by atoms with Crippen molar-refractivity contribution in [3.63, 3.8) is 0 Å². The Morgan fingerprint density at radius 1 is 1.46 bits per heavy atom. The molecule has 0 aliphatic rings. The van der Waals surface area contributed by atoms with Gasteiger partial charge in [-0.05, 0) is 5.92 Å². The predicted molar refractivity (Wildman–Crippen MR) is 53.6 cm³/mol. The highest BCUT2D eigenvalue weighted by Gasteiger charge is 2.07. The molecule has 0 amide bonds. The van der Waals surface area contributed by atoms with E-state index in [2.05, 4.69) is 4.90 Å². The number of ether oxygens (including phenoxy) is 1. The largest absolute Gasteiger partial charge is 0.396 e. The van der Waals surface area contributed by atoms with Gasteiger partial charge in [0.05, 0.1) is 6.61 Å². The lowest BCUT2D eigenvalue weighted by Gasteiger charge is -2.23. The van der Waals surface area contributed by atoms with Gasteiger partial charge in [-0.1, -0.05) is 6.92 Å². The summed E-state index contributed by atoms with van der Waals surface area (Å²) in [6.45, 7) is 6.27. The molecular weight excluding hydrogens is 168 g/mol. The first-order chi connectivity index (χ1) is 6.24. The van der Waals surface area contributed by atoms with Crippen molar-refractivity contribution in [2.45, 2.75) is 6.92 Å². The molecule has 0 saturated carbocycles. The van der Waals surface area contributed by atoms with Crippen molar-refractivity contribution in [3.05, 3.63) is 0 Å². The molecule has 1 unspecified atom stereocenters. The first-order valence-corrected chi connectivity index (χ1v) is 4.76. The first-order valence-electron chi connectivity index (χ1n) is 4.76. The Labute approximate surface area is 80.7 Å². The smallest absolute Gasteiger partial charge is 0.0589 e. The number of aliphatic hydroxyl groups excluding tert-OH is 1. The third-order valence-electron chi connectivity index (χ3n) is 1.94. The Morgan fingerprint density at radius 2 is 2.15 bits per heavy atom. The molecule has 0 spiro atoms. The number of hydrogen-bond donors (Lipinski definition) is 2. The van der Waals surface area contributed by atoms with Crippen molar-refractivity contribution in [1.82, 2.24) is 4.90 Å². The fourth-order valence-electron chi connectivity index (χ4n) is 1.20. The molecule has 0 aliphatic heterocycles. The normalized spacial score (nSPS) is 13.6. The fraction of sp³-hybridized carbons (Fsp3) is 1.00. The van der Waals surface area contributed by atoms with Crippen LogP contribution in [0, 0.1) is 5.92 Å². The van der Waals surface area contributed by atoms with E-state index in [9.17, 15) is 0 Å². The average Bonchev–Trinajstić information content (AvgIpc) is 2.14. The maximum Gasteiger partial charge on any atom is 0.0589 e. The molecule has 0 aromatic rings. The molecule has 1 atom stereocenters. The van der Waals surface area contributed by atoms with Crippen LogP contribution in [-0.2, 0) is 4.74 Å². The molecule has 4 nitrogen and oxygen atoms in total. The van der Waals surface area contributed by atoms with E-state index in [4.69, 9.17) is 15.6 Å². The maximum absolute atomic E-state index is 8.89. The number of methoxy groups -OCH3 is 1. The summed E-state index contributed by atoms with van der Waals surface area (Å²) in [5.74, 6) is 0.309.